The van der Waals surface area contributed by atoms with Gasteiger partial charge in [-0.15, -0.1) is 11.6 Å². The average Bonchev–Trinajstić information content (AvgIpc) is 2.33. The number of halogens is 3. The van der Waals surface area contributed by atoms with Crippen LogP contribution in [0.2, 0.25) is 5.02 Å². The van der Waals surface area contributed by atoms with E-state index in [1.54, 1.807) is 0 Å². The molecule has 3 heteroatoms. The molecule has 0 aliphatic rings. The van der Waals surface area contributed by atoms with Crippen molar-refractivity contribution in [2.75, 3.05) is 0 Å². The third-order valence-corrected chi connectivity index (χ3v) is 4.34. The second-order valence-corrected chi connectivity index (χ2v) is 6.13. The van der Waals surface area contributed by atoms with Crippen LogP contribution in [-0.4, -0.2) is 0 Å². The van der Waals surface area contributed by atoms with Crippen LogP contribution < -0.4 is 0 Å². The van der Waals surface area contributed by atoms with E-state index in [2.05, 4.69) is 28.9 Å². The Morgan fingerprint density at radius 1 is 1.06 bits per heavy atom. The predicted molar refractivity (Wildman–Crippen MR) is 82.8 cm³/mol. The minimum absolute atomic E-state index is 0.228. The minimum Gasteiger partial charge on any atom is -0.113 e. The fraction of sp³-hybridized carbons (Fsp3) is 0.200. The molecule has 2 aromatic rings. The van der Waals surface area contributed by atoms with Crippen LogP contribution in [0.1, 0.15) is 27.6 Å². The SMILES string of the molecule is Cc1cc(Cl)c(C(Cl)c2cccc(Br)c2)cc1C. The molecule has 0 spiro atoms. The first kappa shape index (κ1) is 13.9. The van der Waals surface area contributed by atoms with Gasteiger partial charge in [-0.05, 0) is 54.3 Å². The summed E-state index contributed by atoms with van der Waals surface area (Å²) in [6.07, 6.45) is 0. The van der Waals surface area contributed by atoms with Crippen LogP contribution in [0.3, 0.4) is 0 Å². The van der Waals surface area contributed by atoms with Gasteiger partial charge in [0.1, 0.15) is 0 Å². The van der Waals surface area contributed by atoms with Gasteiger partial charge >= 0.3 is 0 Å². The van der Waals surface area contributed by atoms with Gasteiger partial charge in [0, 0.05) is 9.50 Å². The highest BCUT2D eigenvalue weighted by Crippen LogP contribution is 2.35. The standard InChI is InChI=1S/C15H13BrCl2/c1-9-6-13(14(17)7-10(9)2)15(18)11-4-3-5-12(16)8-11/h3-8,15H,1-2H3. The first-order valence-electron chi connectivity index (χ1n) is 5.65. The van der Waals surface area contributed by atoms with Gasteiger partial charge in [-0.1, -0.05) is 45.7 Å². The molecule has 0 aliphatic carbocycles. The maximum absolute atomic E-state index is 6.53. The van der Waals surface area contributed by atoms with E-state index in [9.17, 15) is 0 Å². The topological polar surface area (TPSA) is 0 Å². The molecule has 0 radical (unpaired) electrons. The zero-order chi connectivity index (χ0) is 13.3. The number of alkyl halides is 1. The predicted octanol–water partition coefficient (Wildman–Crippen LogP) is 6.05. The molecule has 0 N–H and O–H groups in total. The number of hydrogen-bond acceptors (Lipinski definition) is 0. The maximum Gasteiger partial charge on any atom is 0.0850 e. The molecule has 0 heterocycles. The molecule has 0 aliphatic heterocycles. The highest BCUT2D eigenvalue weighted by molar-refractivity contribution is 9.10. The minimum atomic E-state index is -0.228. The summed E-state index contributed by atoms with van der Waals surface area (Å²) in [7, 11) is 0. The summed E-state index contributed by atoms with van der Waals surface area (Å²) in [4.78, 5) is 0. The van der Waals surface area contributed by atoms with Crippen LogP contribution >= 0.6 is 39.1 Å². The molecule has 94 valence electrons. The Balaban J connectivity index is 2.46. The molecule has 0 saturated heterocycles. The lowest BCUT2D eigenvalue weighted by molar-refractivity contribution is 1.12. The quantitative estimate of drug-likeness (QED) is 0.582. The fourth-order valence-corrected chi connectivity index (χ4v) is 2.96. The van der Waals surface area contributed by atoms with E-state index in [4.69, 9.17) is 23.2 Å². The normalized spacial score (nSPS) is 12.5. The smallest absolute Gasteiger partial charge is 0.0850 e. The van der Waals surface area contributed by atoms with E-state index in [1.807, 2.05) is 37.3 Å². The van der Waals surface area contributed by atoms with E-state index in [0.29, 0.717) is 0 Å². The summed E-state index contributed by atoms with van der Waals surface area (Å²) in [5, 5.41) is 0.493. The van der Waals surface area contributed by atoms with Crippen molar-refractivity contribution in [2.45, 2.75) is 19.2 Å². The zero-order valence-corrected chi connectivity index (χ0v) is 13.3. The third-order valence-electron chi connectivity index (χ3n) is 3.03. The van der Waals surface area contributed by atoms with Gasteiger partial charge in [0.2, 0.25) is 0 Å². The van der Waals surface area contributed by atoms with Crippen molar-refractivity contribution in [3.8, 4) is 0 Å². The highest BCUT2D eigenvalue weighted by atomic mass is 79.9. The number of rotatable bonds is 2. The summed E-state index contributed by atoms with van der Waals surface area (Å²) in [6.45, 7) is 4.12. The van der Waals surface area contributed by atoms with Crippen LogP contribution in [0.5, 0.6) is 0 Å². The Labute approximate surface area is 126 Å². The van der Waals surface area contributed by atoms with E-state index in [-0.39, 0.29) is 5.38 Å². The number of benzene rings is 2. The van der Waals surface area contributed by atoms with E-state index < -0.39 is 0 Å². The largest absolute Gasteiger partial charge is 0.113 e. The van der Waals surface area contributed by atoms with Crippen LogP contribution in [-0.2, 0) is 0 Å². The van der Waals surface area contributed by atoms with Gasteiger partial charge in [0.25, 0.3) is 0 Å². The van der Waals surface area contributed by atoms with Gasteiger partial charge in [-0.25, -0.2) is 0 Å². The van der Waals surface area contributed by atoms with Crippen LogP contribution in [0.4, 0.5) is 0 Å². The molecule has 1 unspecified atom stereocenters. The Bertz CT molecular complexity index is 579. The van der Waals surface area contributed by atoms with Crippen LogP contribution in [0, 0.1) is 13.8 Å². The zero-order valence-electron chi connectivity index (χ0n) is 10.2. The Morgan fingerprint density at radius 2 is 1.72 bits per heavy atom. The molecular weight excluding hydrogens is 331 g/mol. The lowest BCUT2D eigenvalue weighted by Crippen LogP contribution is -1.96. The molecule has 0 amide bonds. The fourth-order valence-electron chi connectivity index (χ4n) is 1.84. The Morgan fingerprint density at radius 3 is 2.39 bits per heavy atom. The Hall–Kier alpha value is -0.500. The lowest BCUT2D eigenvalue weighted by atomic mass is 10.00. The third kappa shape index (κ3) is 2.90. The molecule has 2 rings (SSSR count). The summed E-state index contributed by atoms with van der Waals surface area (Å²) in [6, 6.07) is 12.0. The van der Waals surface area contributed by atoms with Gasteiger partial charge < -0.3 is 0 Å². The van der Waals surface area contributed by atoms with Crippen molar-refractivity contribution in [2.24, 2.45) is 0 Å². The van der Waals surface area contributed by atoms with Gasteiger partial charge in [-0.2, -0.15) is 0 Å². The highest BCUT2D eigenvalue weighted by Gasteiger charge is 2.15. The van der Waals surface area contributed by atoms with Crippen molar-refractivity contribution in [3.05, 3.63) is 68.1 Å². The van der Waals surface area contributed by atoms with E-state index in [0.717, 1.165) is 20.6 Å². The van der Waals surface area contributed by atoms with Gasteiger partial charge in [0.15, 0.2) is 0 Å². The Kier molecular flexibility index (Phi) is 4.37. The molecule has 0 saturated carbocycles. The average molecular weight is 344 g/mol. The first-order chi connectivity index (χ1) is 8.49. The van der Waals surface area contributed by atoms with Crippen molar-refractivity contribution < 1.29 is 0 Å². The molecule has 18 heavy (non-hydrogen) atoms. The molecule has 1 atom stereocenters. The summed E-state index contributed by atoms with van der Waals surface area (Å²) in [5.41, 5.74) is 4.38. The molecule has 0 aromatic heterocycles. The molecular formula is C15H13BrCl2. The second-order valence-electron chi connectivity index (χ2n) is 4.38. The number of aryl methyl sites for hydroxylation is 2. The van der Waals surface area contributed by atoms with Crippen LogP contribution in [0.15, 0.2) is 40.9 Å². The summed E-state index contributed by atoms with van der Waals surface area (Å²) < 4.78 is 1.02. The molecule has 2 aromatic carbocycles. The van der Waals surface area contributed by atoms with Crippen molar-refractivity contribution in [1.82, 2.24) is 0 Å². The second kappa shape index (κ2) is 5.64. The maximum atomic E-state index is 6.53. The van der Waals surface area contributed by atoms with E-state index in [1.165, 1.54) is 11.1 Å². The van der Waals surface area contributed by atoms with Crippen molar-refractivity contribution >= 4 is 39.1 Å². The summed E-state index contributed by atoms with van der Waals surface area (Å²) >= 11 is 16.3. The molecule has 0 bridgehead atoms. The first-order valence-corrected chi connectivity index (χ1v) is 7.26. The van der Waals surface area contributed by atoms with E-state index >= 15 is 0 Å². The van der Waals surface area contributed by atoms with Gasteiger partial charge in [-0.3, -0.25) is 0 Å². The van der Waals surface area contributed by atoms with Gasteiger partial charge in [0.05, 0.1) is 5.38 Å². The van der Waals surface area contributed by atoms with Crippen molar-refractivity contribution in [3.63, 3.8) is 0 Å². The molecule has 0 fully saturated rings. The molecule has 0 nitrogen and oxygen atoms in total. The van der Waals surface area contributed by atoms with Crippen molar-refractivity contribution in [1.29, 1.82) is 0 Å². The lowest BCUT2D eigenvalue weighted by Gasteiger charge is -2.14. The number of hydrogen-bond donors (Lipinski definition) is 0. The summed E-state index contributed by atoms with van der Waals surface area (Å²) in [5.74, 6) is 0. The van der Waals surface area contributed by atoms with Crippen LogP contribution in [0.25, 0.3) is 0 Å². The monoisotopic (exact) mass is 342 g/mol.